The van der Waals surface area contributed by atoms with Gasteiger partial charge in [-0.3, -0.25) is 4.79 Å². The Labute approximate surface area is 176 Å². The molecule has 0 saturated heterocycles. The Hall–Kier alpha value is -3.60. The fourth-order valence-electron chi connectivity index (χ4n) is 3.38. The molecule has 0 aliphatic rings. The van der Waals surface area contributed by atoms with Crippen molar-refractivity contribution in [3.8, 4) is 0 Å². The normalized spacial score (nSPS) is 11.1. The predicted molar refractivity (Wildman–Crippen MR) is 123 cm³/mol. The molecule has 0 aliphatic heterocycles. The van der Waals surface area contributed by atoms with Crippen LogP contribution in [0.1, 0.15) is 47.7 Å². The standard InChI is InChI=1S/C25H26N2O3/c1-2-3-4-7-20-19-13-10-17(16-18(19)12-14-22(20)26)11-15-24(28)27-23-9-6-5-8-21(23)25(29)30/h4-10,12-14,16H,2-3,11,15,26H2,1H3,(H,27,28)(H,29,30)/b7-4+. The van der Waals surface area contributed by atoms with Crippen LogP contribution >= 0.6 is 0 Å². The maximum Gasteiger partial charge on any atom is 0.337 e. The average Bonchev–Trinajstić information content (AvgIpc) is 2.74. The van der Waals surface area contributed by atoms with Gasteiger partial charge in [0.25, 0.3) is 0 Å². The van der Waals surface area contributed by atoms with Gasteiger partial charge in [0, 0.05) is 17.7 Å². The van der Waals surface area contributed by atoms with Gasteiger partial charge in [-0.1, -0.05) is 61.9 Å². The van der Waals surface area contributed by atoms with Gasteiger partial charge in [0.05, 0.1) is 11.3 Å². The highest BCUT2D eigenvalue weighted by Crippen LogP contribution is 2.27. The molecule has 1 amide bonds. The number of carbonyl (C=O) groups excluding carboxylic acids is 1. The minimum absolute atomic E-state index is 0.0813. The summed E-state index contributed by atoms with van der Waals surface area (Å²) in [5, 5.41) is 14.1. The van der Waals surface area contributed by atoms with Gasteiger partial charge in [0.1, 0.15) is 0 Å². The zero-order valence-electron chi connectivity index (χ0n) is 17.0. The molecule has 0 radical (unpaired) electrons. The van der Waals surface area contributed by atoms with Gasteiger partial charge in [-0.2, -0.15) is 0 Å². The van der Waals surface area contributed by atoms with Gasteiger partial charge < -0.3 is 16.2 Å². The Morgan fingerprint density at radius 1 is 1.10 bits per heavy atom. The van der Waals surface area contributed by atoms with E-state index < -0.39 is 5.97 Å². The average molecular weight is 402 g/mol. The van der Waals surface area contributed by atoms with Crippen molar-refractivity contribution in [1.82, 2.24) is 0 Å². The maximum atomic E-state index is 12.3. The Morgan fingerprint density at radius 3 is 2.67 bits per heavy atom. The van der Waals surface area contributed by atoms with E-state index in [-0.39, 0.29) is 17.9 Å². The molecule has 0 bridgehead atoms. The van der Waals surface area contributed by atoms with Crippen LogP contribution in [0.3, 0.4) is 0 Å². The third-order valence-corrected chi connectivity index (χ3v) is 4.97. The molecule has 30 heavy (non-hydrogen) atoms. The Bertz CT molecular complexity index is 1100. The van der Waals surface area contributed by atoms with Crippen molar-refractivity contribution in [3.05, 3.63) is 77.4 Å². The number of amides is 1. The fraction of sp³-hybridized carbons (Fsp3) is 0.200. The number of aryl methyl sites for hydroxylation is 1. The first kappa shape index (κ1) is 21.1. The summed E-state index contributed by atoms with van der Waals surface area (Å²) in [6.45, 7) is 2.14. The summed E-state index contributed by atoms with van der Waals surface area (Å²) in [7, 11) is 0. The van der Waals surface area contributed by atoms with Gasteiger partial charge in [-0.05, 0) is 47.4 Å². The zero-order valence-corrected chi connectivity index (χ0v) is 17.0. The molecule has 3 rings (SSSR count). The molecule has 5 heteroatoms. The first-order chi connectivity index (χ1) is 14.5. The van der Waals surface area contributed by atoms with Crippen molar-refractivity contribution >= 4 is 40.1 Å². The van der Waals surface area contributed by atoms with Gasteiger partial charge in [-0.15, -0.1) is 0 Å². The third kappa shape index (κ3) is 5.06. The molecule has 154 valence electrons. The number of carboxylic acid groups (broad SMARTS) is 1. The number of nitrogens with one attached hydrogen (secondary N) is 1. The second-order valence-corrected chi connectivity index (χ2v) is 7.21. The van der Waals surface area contributed by atoms with Gasteiger partial charge in [0.15, 0.2) is 0 Å². The molecule has 0 aromatic heterocycles. The van der Waals surface area contributed by atoms with E-state index in [1.165, 1.54) is 6.07 Å². The third-order valence-electron chi connectivity index (χ3n) is 4.97. The Kier molecular flexibility index (Phi) is 6.86. The maximum absolute atomic E-state index is 12.3. The molecule has 3 aromatic rings. The molecular weight excluding hydrogens is 376 g/mol. The van der Waals surface area contributed by atoms with Gasteiger partial charge in [0.2, 0.25) is 5.91 Å². The number of benzene rings is 3. The summed E-state index contributed by atoms with van der Waals surface area (Å²) >= 11 is 0. The number of nitrogen functional groups attached to an aromatic ring is 1. The molecule has 0 heterocycles. The summed E-state index contributed by atoms with van der Waals surface area (Å²) in [5.74, 6) is -1.28. The van der Waals surface area contributed by atoms with Crippen molar-refractivity contribution in [3.63, 3.8) is 0 Å². The van der Waals surface area contributed by atoms with E-state index in [1.54, 1.807) is 18.2 Å². The van der Waals surface area contributed by atoms with Crippen LogP contribution in [0, 0.1) is 0 Å². The number of nitrogens with two attached hydrogens (primary N) is 1. The number of hydrogen-bond donors (Lipinski definition) is 3. The lowest BCUT2D eigenvalue weighted by atomic mass is 9.98. The smallest absolute Gasteiger partial charge is 0.337 e. The lowest BCUT2D eigenvalue weighted by molar-refractivity contribution is -0.116. The van der Waals surface area contributed by atoms with Gasteiger partial charge in [-0.25, -0.2) is 4.79 Å². The number of aromatic carboxylic acids is 1. The van der Waals surface area contributed by atoms with E-state index in [0.717, 1.165) is 40.4 Å². The van der Waals surface area contributed by atoms with Crippen LogP contribution in [-0.2, 0) is 11.2 Å². The summed E-state index contributed by atoms with van der Waals surface area (Å²) in [4.78, 5) is 23.6. The van der Waals surface area contributed by atoms with E-state index in [0.29, 0.717) is 12.1 Å². The SMILES string of the molecule is CCC/C=C/c1c(N)ccc2cc(CCC(=O)Nc3ccccc3C(=O)O)ccc12. The van der Waals surface area contributed by atoms with Gasteiger partial charge >= 0.3 is 5.97 Å². The van der Waals surface area contributed by atoms with Crippen LogP contribution in [0.5, 0.6) is 0 Å². The number of anilines is 2. The summed E-state index contributed by atoms with van der Waals surface area (Å²) in [5.41, 5.74) is 9.37. The molecule has 0 aliphatic carbocycles. The van der Waals surface area contributed by atoms with Crippen LogP contribution in [0.25, 0.3) is 16.8 Å². The lowest BCUT2D eigenvalue weighted by Gasteiger charge is -2.10. The lowest BCUT2D eigenvalue weighted by Crippen LogP contribution is -2.15. The second-order valence-electron chi connectivity index (χ2n) is 7.21. The number of fused-ring (bicyclic) bond motifs is 1. The molecule has 3 aromatic carbocycles. The highest BCUT2D eigenvalue weighted by molar-refractivity contribution is 6.00. The number of allylic oxidation sites excluding steroid dienone is 1. The Morgan fingerprint density at radius 2 is 1.90 bits per heavy atom. The molecule has 4 N–H and O–H groups in total. The molecule has 0 unspecified atom stereocenters. The monoisotopic (exact) mass is 402 g/mol. The van der Waals surface area contributed by atoms with Crippen molar-refractivity contribution in [1.29, 1.82) is 0 Å². The van der Waals surface area contributed by atoms with Crippen LogP contribution in [-0.4, -0.2) is 17.0 Å². The van der Waals surface area contributed by atoms with Crippen LogP contribution in [0.15, 0.2) is 60.7 Å². The largest absolute Gasteiger partial charge is 0.478 e. The summed E-state index contributed by atoms with van der Waals surface area (Å²) in [6.07, 6.45) is 7.13. The van der Waals surface area contributed by atoms with Crippen molar-refractivity contribution in [2.24, 2.45) is 0 Å². The van der Waals surface area contributed by atoms with Crippen LogP contribution in [0.2, 0.25) is 0 Å². The minimum Gasteiger partial charge on any atom is -0.478 e. The molecule has 0 atom stereocenters. The minimum atomic E-state index is -1.07. The van der Waals surface area contributed by atoms with E-state index in [2.05, 4.69) is 30.5 Å². The van der Waals surface area contributed by atoms with Crippen molar-refractivity contribution < 1.29 is 14.7 Å². The number of carbonyl (C=O) groups is 2. The van der Waals surface area contributed by atoms with Crippen molar-refractivity contribution in [2.45, 2.75) is 32.6 Å². The summed E-state index contributed by atoms with van der Waals surface area (Å²) in [6, 6.07) is 16.4. The molecule has 0 spiro atoms. The summed E-state index contributed by atoms with van der Waals surface area (Å²) < 4.78 is 0. The van der Waals surface area contributed by atoms with E-state index in [9.17, 15) is 14.7 Å². The van der Waals surface area contributed by atoms with E-state index >= 15 is 0 Å². The predicted octanol–water partition coefficient (Wildman–Crippen LogP) is 5.50. The Balaban J connectivity index is 1.72. The zero-order chi connectivity index (χ0) is 21.5. The molecule has 0 saturated carbocycles. The van der Waals surface area contributed by atoms with E-state index in [1.807, 2.05) is 24.3 Å². The van der Waals surface area contributed by atoms with Crippen LogP contribution < -0.4 is 11.1 Å². The van der Waals surface area contributed by atoms with E-state index in [4.69, 9.17) is 5.73 Å². The molecular formula is C25H26N2O3. The highest BCUT2D eigenvalue weighted by atomic mass is 16.4. The first-order valence-corrected chi connectivity index (χ1v) is 10.1. The fourth-order valence-corrected chi connectivity index (χ4v) is 3.38. The molecule has 5 nitrogen and oxygen atoms in total. The van der Waals surface area contributed by atoms with Crippen molar-refractivity contribution in [2.75, 3.05) is 11.1 Å². The number of hydrogen-bond acceptors (Lipinski definition) is 3. The number of carboxylic acids is 1. The number of para-hydroxylation sites is 1. The number of unbranched alkanes of at least 4 members (excludes halogenated alkanes) is 1. The highest BCUT2D eigenvalue weighted by Gasteiger charge is 2.12. The quantitative estimate of drug-likeness (QED) is 0.434. The number of rotatable bonds is 8. The van der Waals surface area contributed by atoms with Crippen LogP contribution in [0.4, 0.5) is 11.4 Å². The topological polar surface area (TPSA) is 92.4 Å². The first-order valence-electron chi connectivity index (χ1n) is 10.1. The molecule has 0 fully saturated rings. The second kappa shape index (κ2) is 9.74.